The van der Waals surface area contributed by atoms with E-state index in [1.807, 2.05) is 13.8 Å². The second-order valence-corrected chi connectivity index (χ2v) is 15.9. The average molecular weight is 709 g/mol. The Morgan fingerprint density at radius 2 is 1.69 bits per heavy atom. The monoisotopic (exact) mass is 705 g/mol. The number of carbonyl (C=O) groups is 1. The standard InChI is InChI=1S/C21H18Br4F3NO3/c1-19(2)14(16(22)20(23,24)25)15(19)18(30)32-17(21(26,27)28)12-9-6-10-13(29-12)31-11-7-4-3-5-8-11/h3-10,14-17H,1-2H3/t14-,15+,16?,17?/m1/s1. The van der Waals surface area contributed by atoms with Gasteiger partial charge in [0.05, 0.1) is 16.4 Å². The van der Waals surface area contributed by atoms with Gasteiger partial charge in [0, 0.05) is 6.07 Å². The van der Waals surface area contributed by atoms with Gasteiger partial charge < -0.3 is 9.47 Å². The molecule has 1 aliphatic rings. The smallest absolute Gasteiger partial charge is 0.431 e. The molecular weight excluding hydrogens is 691 g/mol. The van der Waals surface area contributed by atoms with Gasteiger partial charge in [-0.1, -0.05) is 102 Å². The molecule has 0 N–H and O–H groups in total. The summed E-state index contributed by atoms with van der Waals surface area (Å²) < 4.78 is 51.4. The molecule has 2 unspecified atom stereocenters. The van der Waals surface area contributed by atoms with Gasteiger partial charge in [-0.05, 0) is 29.5 Å². The van der Waals surface area contributed by atoms with Crippen molar-refractivity contribution in [2.75, 3.05) is 0 Å². The van der Waals surface area contributed by atoms with Gasteiger partial charge in [-0.3, -0.25) is 4.79 Å². The van der Waals surface area contributed by atoms with Gasteiger partial charge in [0.15, 0.2) is 0 Å². The number of para-hydroxylation sites is 1. The SMILES string of the molecule is CC1(C)[C@H](C(=O)OC(c2cccc(Oc3ccccc3)n2)C(F)(F)F)[C@@H]1C(Br)C(Br)(Br)Br. The number of carbonyl (C=O) groups excluding carboxylic acids is 1. The first kappa shape index (κ1) is 26.0. The second kappa shape index (κ2) is 9.54. The molecule has 1 aromatic heterocycles. The normalized spacial score (nSPS) is 22.0. The minimum Gasteiger partial charge on any atom is -0.446 e. The van der Waals surface area contributed by atoms with Crippen LogP contribution in [0, 0.1) is 17.3 Å². The highest BCUT2D eigenvalue weighted by Gasteiger charge is 2.68. The van der Waals surface area contributed by atoms with Crippen molar-refractivity contribution >= 4 is 69.7 Å². The van der Waals surface area contributed by atoms with E-state index >= 15 is 0 Å². The van der Waals surface area contributed by atoms with E-state index in [1.165, 1.54) is 12.1 Å². The number of esters is 1. The molecule has 1 saturated carbocycles. The molecule has 3 rings (SSSR count). The molecule has 0 spiro atoms. The predicted octanol–water partition coefficient (Wildman–Crippen LogP) is 7.89. The Bertz CT molecular complexity index is 967. The van der Waals surface area contributed by atoms with Gasteiger partial charge in [0.1, 0.15) is 7.89 Å². The Morgan fingerprint density at radius 3 is 2.25 bits per heavy atom. The number of pyridine rings is 1. The fraction of sp³-hybridized carbons (Fsp3) is 0.429. The summed E-state index contributed by atoms with van der Waals surface area (Å²) in [7, 11) is 0. The van der Waals surface area contributed by atoms with Crippen LogP contribution in [0.25, 0.3) is 0 Å². The predicted molar refractivity (Wildman–Crippen MR) is 129 cm³/mol. The number of rotatable bonds is 6. The quantitative estimate of drug-likeness (QED) is 0.226. The van der Waals surface area contributed by atoms with Crippen LogP contribution in [0.15, 0.2) is 48.5 Å². The highest BCUT2D eigenvalue weighted by Crippen LogP contribution is 2.66. The van der Waals surface area contributed by atoms with Gasteiger partial charge in [-0.25, -0.2) is 4.98 Å². The van der Waals surface area contributed by atoms with Crippen molar-refractivity contribution in [1.82, 2.24) is 4.98 Å². The molecule has 1 aromatic carbocycles. The molecule has 11 heteroatoms. The maximum atomic E-state index is 13.9. The molecule has 4 nitrogen and oxygen atoms in total. The van der Waals surface area contributed by atoms with Crippen LogP contribution >= 0.6 is 63.7 Å². The van der Waals surface area contributed by atoms with Crippen molar-refractivity contribution in [3.8, 4) is 11.6 Å². The highest BCUT2D eigenvalue weighted by molar-refractivity contribution is 9.40. The van der Waals surface area contributed by atoms with Crippen LogP contribution in [0.4, 0.5) is 13.2 Å². The number of halogens is 7. The fourth-order valence-electron chi connectivity index (χ4n) is 3.60. The fourth-order valence-corrected chi connectivity index (χ4v) is 5.45. The van der Waals surface area contributed by atoms with Crippen molar-refractivity contribution in [2.45, 2.75) is 33.1 Å². The second-order valence-electron chi connectivity index (χ2n) is 7.94. The lowest BCUT2D eigenvalue weighted by atomic mass is 10.1. The molecule has 1 aliphatic carbocycles. The zero-order valence-electron chi connectivity index (χ0n) is 16.7. The van der Waals surface area contributed by atoms with Gasteiger partial charge in [-0.15, -0.1) is 0 Å². The first-order valence-electron chi connectivity index (χ1n) is 9.40. The van der Waals surface area contributed by atoms with Crippen LogP contribution in [0.1, 0.15) is 25.6 Å². The van der Waals surface area contributed by atoms with E-state index in [2.05, 4.69) is 68.7 Å². The van der Waals surface area contributed by atoms with E-state index in [-0.39, 0.29) is 16.6 Å². The molecular formula is C21H18Br4F3NO3. The zero-order chi connectivity index (χ0) is 23.9. The summed E-state index contributed by atoms with van der Waals surface area (Å²) in [6, 6.07) is 12.5. The van der Waals surface area contributed by atoms with Crippen molar-refractivity contribution in [2.24, 2.45) is 17.3 Å². The molecule has 1 heterocycles. The van der Waals surface area contributed by atoms with Crippen LogP contribution < -0.4 is 4.74 Å². The Kier molecular flexibility index (Phi) is 7.74. The van der Waals surface area contributed by atoms with E-state index in [4.69, 9.17) is 9.47 Å². The zero-order valence-corrected chi connectivity index (χ0v) is 23.1. The van der Waals surface area contributed by atoms with Gasteiger partial charge in [0.25, 0.3) is 0 Å². The lowest BCUT2D eigenvalue weighted by molar-refractivity contribution is -0.226. The number of nitrogens with zero attached hydrogens (tertiary/aromatic N) is 1. The van der Waals surface area contributed by atoms with Crippen LogP contribution in [0.3, 0.4) is 0 Å². The van der Waals surface area contributed by atoms with E-state index in [9.17, 15) is 18.0 Å². The first-order valence-corrected chi connectivity index (χ1v) is 12.7. The minimum absolute atomic E-state index is 0.0354. The molecule has 0 saturated heterocycles. The Hall–Kier alpha value is -0.650. The molecule has 174 valence electrons. The van der Waals surface area contributed by atoms with E-state index in [1.54, 1.807) is 30.3 Å². The summed E-state index contributed by atoms with van der Waals surface area (Å²) >= 11 is 13.7. The van der Waals surface area contributed by atoms with Gasteiger partial charge in [0.2, 0.25) is 12.0 Å². The number of alkyl halides is 7. The summed E-state index contributed by atoms with van der Waals surface area (Å²) in [5.74, 6) is -1.55. The van der Waals surface area contributed by atoms with E-state index in [0.29, 0.717) is 5.75 Å². The number of hydrogen-bond donors (Lipinski definition) is 0. The number of hydrogen-bond acceptors (Lipinski definition) is 4. The molecule has 0 radical (unpaired) electrons. The Morgan fingerprint density at radius 1 is 1.06 bits per heavy atom. The largest absolute Gasteiger partial charge is 0.446 e. The van der Waals surface area contributed by atoms with E-state index in [0.717, 1.165) is 6.07 Å². The van der Waals surface area contributed by atoms with Crippen molar-refractivity contribution in [1.29, 1.82) is 0 Å². The van der Waals surface area contributed by atoms with Gasteiger partial charge >= 0.3 is 12.1 Å². The number of ether oxygens (including phenoxy) is 2. The molecule has 2 aromatic rings. The number of benzene rings is 1. The lowest BCUT2D eigenvalue weighted by Crippen LogP contribution is -2.29. The summed E-state index contributed by atoms with van der Waals surface area (Å²) in [5.41, 5.74) is -1.02. The van der Waals surface area contributed by atoms with Crippen molar-refractivity contribution < 1.29 is 27.4 Å². The Balaban J connectivity index is 1.81. The van der Waals surface area contributed by atoms with Crippen LogP contribution in [-0.2, 0) is 9.53 Å². The molecule has 1 fully saturated rings. The van der Waals surface area contributed by atoms with Crippen molar-refractivity contribution in [3.63, 3.8) is 0 Å². The van der Waals surface area contributed by atoms with Gasteiger partial charge in [-0.2, -0.15) is 13.2 Å². The van der Waals surface area contributed by atoms with Crippen LogP contribution in [0.5, 0.6) is 11.6 Å². The molecule has 0 aliphatic heterocycles. The lowest BCUT2D eigenvalue weighted by Gasteiger charge is -2.22. The highest BCUT2D eigenvalue weighted by atomic mass is 80.0. The summed E-state index contributed by atoms with van der Waals surface area (Å²) in [4.78, 5) is 16.5. The average Bonchev–Trinajstić information content (AvgIpc) is 3.26. The summed E-state index contributed by atoms with van der Waals surface area (Å²) in [6.07, 6.45) is -7.36. The third-order valence-corrected chi connectivity index (χ3v) is 9.88. The number of aromatic nitrogens is 1. The van der Waals surface area contributed by atoms with Crippen molar-refractivity contribution in [3.05, 3.63) is 54.2 Å². The molecule has 32 heavy (non-hydrogen) atoms. The third-order valence-electron chi connectivity index (χ3n) is 5.30. The summed E-state index contributed by atoms with van der Waals surface area (Å²) in [5, 5.41) is 0. The third kappa shape index (κ3) is 5.88. The maximum absolute atomic E-state index is 13.9. The van der Waals surface area contributed by atoms with Crippen LogP contribution in [0.2, 0.25) is 0 Å². The molecule has 0 amide bonds. The minimum atomic E-state index is -4.85. The summed E-state index contributed by atoms with van der Waals surface area (Å²) in [6.45, 7) is 3.62. The molecule has 4 atom stereocenters. The van der Waals surface area contributed by atoms with Crippen LogP contribution in [-0.4, -0.2) is 24.1 Å². The Labute approximate surface area is 217 Å². The maximum Gasteiger partial charge on any atom is 0.431 e. The molecule has 0 bridgehead atoms. The van der Waals surface area contributed by atoms with E-state index < -0.39 is 37.4 Å². The first-order chi connectivity index (χ1) is 14.7. The topological polar surface area (TPSA) is 48.4 Å².